The Bertz CT molecular complexity index is 3520. The molecule has 10 rings (SSSR count). The molecule has 1 aliphatic carbocycles. The van der Waals surface area contributed by atoms with E-state index >= 15 is 0 Å². The minimum absolute atomic E-state index is 0.275. The number of aryl methyl sites for hydroxylation is 8. The molecule has 0 saturated carbocycles. The lowest BCUT2D eigenvalue weighted by Gasteiger charge is -2.18. The molecule has 4 aromatic heterocycles. The Morgan fingerprint density at radius 3 is 1.18 bits per heavy atom. The van der Waals surface area contributed by atoms with Crippen molar-refractivity contribution in [3.63, 3.8) is 0 Å². The zero-order chi connectivity index (χ0) is 46.0. The molecule has 4 heteroatoms. The van der Waals surface area contributed by atoms with E-state index in [-0.39, 0.29) is 5.92 Å². The van der Waals surface area contributed by atoms with Crippen LogP contribution >= 0.6 is 0 Å². The molecule has 8 aromatic rings. The van der Waals surface area contributed by atoms with Crippen molar-refractivity contribution in [1.29, 1.82) is 0 Å². The molecular formula is C62H60N4. The lowest BCUT2D eigenvalue weighted by Crippen LogP contribution is -2.19. The van der Waals surface area contributed by atoms with Gasteiger partial charge in [-0.3, -0.25) is 0 Å². The van der Waals surface area contributed by atoms with Crippen LogP contribution in [0.3, 0.4) is 0 Å². The fourth-order valence-electron chi connectivity index (χ4n) is 10.8. The van der Waals surface area contributed by atoms with Gasteiger partial charge >= 0.3 is 0 Å². The van der Waals surface area contributed by atoms with E-state index in [1.165, 1.54) is 50.1 Å². The van der Waals surface area contributed by atoms with E-state index < -0.39 is 0 Å². The van der Waals surface area contributed by atoms with E-state index in [4.69, 9.17) is 0 Å². The van der Waals surface area contributed by atoms with Crippen LogP contribution in [-0.4, -0.2) is 19.9 Å². The normalized spacial score (nSPS) is 16.2. The Kier molecular flexibility index (Phi) is 10.9. The summed E-state index contributed by atoms with van der Waals surface area (Å²) in [6.45, 7) is 22.1. The molecule has 2 unspecified atom stereocenters. The topological polar surface area (TPSA) is 63.2 Å². The number of rotatable bonds is 6. The first-order valence-electron chi connectivity index (χ1n) is 23.4. The number of fused-ring (bicyclic) bond motifs is 8. The van der Waals surface area contributed by atoms with Gasteiger partial charge in [-0.05, 0) is 133 Å². The molecule has 4 nitrogen and oxygen atoms in total. The van der Waals surface area contributed by atoms with E-state index in [1.54, 1.807) is 0 Å². The van der Waals surface area contributed by atoms with Crippen molar-refractivity contribution >= 4 is 28.4 Å². The van der Waals surface area contributed by atoms with Crippen molar-refractivity contribution in [2.45, 2.75) is 69.2 Å². The third-order valence-corrected chi connectivity index (χ3v) is 13.3. The van der Waals surface area contributed by atoms with Crippen LogP contribution in [-0.2, 0) is 0 Å². The standard InChI is InChI=1S/C62H60N4/c1-35-11-12-45(44(10)25-35)13-14-46-34-57-60(49-30-40(6)23-41(7)31-49)55-18-17-53(64-55)58(47-26-36(2)21-37(3)27-47)51-15-16-52(63-51)59(48-28-38(4)22-39(5)29-48)54-19-20-56(65-54)61(62(46)66-57)50-32-42(8)24-43(9)33-50/h11-34,44-45,63-66H,1-10H3/b14-13+,58-51?,58-53?,59-52?,59-54?,60-55?,60-57?,61-56?,62-61?. The van der Waals surface area contributed by atoms with Gasteiger partial charge in [0.2, 0.25) is 0 Å². The van der Waals surface area contributed by atoms with Gasteiger partial charge in [0.1, 0.15) is 0 Å². The van der Waals surface area contributed by atoms with Gasteiger partial charge in [0, 0.05) is 72.3 Å². The van der Waals surface area contributed by atoms with Crippen molar-refractivity contribution in [2.24, 2.45) is 11.8 Å². The molecule has 5 heterocycles. The summed E-state index contributed by atoms with van der Waals surface area (Å²) in [6.07, 6.45) is 11.7. The highest BCUT2D eigenvalue weighted by atomic mass is 14.8. The van der Waals surface area contributed by atoms with Gasteiger partial charge in [-0.25, -0.2) is 0 Å². The SMILES string of the molecule is CC1=CC(C)C(/C=C/c2cc3[nH]c2C(c2cc(C)cc(C)c2)=c2ccc([nH]2)=C(c2cc(C)cc(C)c2)c2ccc([nH]2)C(c2cc(C)cc(C)c2)=c2ccc([nH]2)=C3c2cc(C)cc(C)c2)C=C1. The summed E-state index contributed by atoms with van der Waals surface area (Å²) >= 11 is 0. The van der Waals surface area contributed by atoms with Crippen LogP contribution in [0, 0.1) is 67.2 Å². The summed E-state index contributed by atoms with van der Waals surface area (Å²) in [5.41, 5.74) is 25.6. The van der Waals surface area contributed by atoms with E-state index in [2.05, 4.69) is 235 Å². The third kappa shape index (κ3) is 8.29. The minimum atomic E-state index is 0.275. The first-order chi connectivity index (χ1) is 31.7. The number of aromatic amines is 4. The average molecular weight is 861 g/mol. The van der Waals surface area contributed by atoms with Gasteiger partial charge in [-0.15, -0.1) is 0 Å². The number of allylic oxidation sites excluding steroid dienone is 5. The smallest absolute Gasteiger partial charge is 0.0559 e. The average Bonchev–Trinajstić information content (AvgIpc) is 4.07. The fraction of sp³-hybridized carbons (Fsp3) is 0.194. The molecule has 2 aliphatic rings. The molecule has 0 saturated heterocycles. The first-order valence-corrected chi connectivity index (χ1v) is 23.4. The quantitative estimate of drug-likeness (QED) is 0.129. The van der Waals surface area contributed by atoms with Gasteiger partial charge in [0.15, 0.2) is 0 Å². The molecule has 328 valence electrons. The monoisotopic (exact) mass is 860 g/mol. The van der Waals surface area contributed by atoms with Gasteiger partial charge in [0.25, 0.3) is 0 Å². The van der Waals surface area contributed by atoms with E-state index in [9.17, 15) is 0 Å². The molecule has 0 fully saturated rings. The Labute approximate surface area is 389 Å². The lowest BCUT2D eigenvalue weighted by molar-refractivity contribution is 0.602. The number of hydrogen-bond acceptors (Lipinski definition) is 0. The summed E-state index contributed by atoms with van der Waals surface area (Å²) in [6, 6.07) is 43.5. The van der Waals surface area contributed by atoms with Crippen LogP contribution < -0.4 is 21.4 Å². The second-order valence-electron chi connectivity index (χ2n) is 19.4. The van der Waals surface area contributed by atoms with Crippen LogP contribution in [0.4, 0.5) is 0 Å². The summed E-state index contributed by atoms with van der Waals surface area (Å²) in [4.78, 5) is 16.2. The molecule has 2 atom stereocenters. The maximum Gasteiger partial charge on any atom is 0.0559 e. The van der Waals surface area contributed by atoms with Crippen molar-refractivity contribution in [3.05, 3.63) is 262 Å². The number of hydrogen-bond donors (Lipinski definition) is 4. The van der Waals surface area contributed by atoms with Crippen LogP contribution in [0.5, 0.6) is 0 Å². The van der Waals surface area contributed by atoms with Gasteiger partial charge < -0.3 is 19.9 Å². The second-order valence-corrected chi connectivity index (χ2v) is 19.4. The maximum atomic E-state index is 4.14. The van der Waals surface area contributed by atoms with Crippen molar-refractivity contribution < 1.29 is 0 Å². The molecule has 0 spiro atoms. The molecule has 8 bridgehead atoms. The molecule has 4 N–H and O–H groups in total. The van der Waals surface area contributed by atoms with Gasteiger partial charge in [-0.1, -0.05) is 160 Å². The lowest BCUT2D eigenvalue weighted by atomic mass is 9.86. The second kappa shape index (κ2) is 16.9. The maximum absolute atomic E-state index is 4.14. The highest BCUT2D eigenvalue weighted by Gasteiger charge is 2.22. The Balaban J connectivity index is 1.39. The number of benzene rings is 4. The van der Waals surface area contributed by atoms with Crippen molar-refractivity contribution in [2.75, 3.05) is 0 Å². The molecular weight excluding hydrogens is 801 g/mol. The van der Waals surface area contributed by atoms with Gasteiger partial charge in [-0.2, -0.15) is 0 Å². The number of aromatic nitrogens is 4. The Hall–Kier alpha value is -7.30. The van der Waals surface area contributed by atoms with Crippen LogP contribution in [0.15, 0.2) is 145 Å². The first kappa shape index (κ1) is 42.6. The Morgan fingerprint density at radius 2 is 0.773 bits per heavy atom. The third-order valence-electron chi connectivity index (χ3n) is 13.3. The predicted octanol–water partition coefficient (Wildman–Crippen LogP) is 11.6. The summed E-state index contributed by atoms with van der Waals surface area (Å²) in [5, 5.41) is 4.17. The molecule has 66 heavy (non-hydrogen) atoms. The van der Waals surface area contributed by atoms with E-state index in [0.717, 1.165) is 94.3 Å². The van der Waals surface area contributed by atoms with E-state index in [1.807, 2.05) is 0 Å². The summed E-state index contributed by atoms with van der Waals surface area (Å²) < 4.78 is 0. The van der Waals surface area contributed by atoms with Crippen molar-refractivity contribution in [1.82, 2.24) is 19.9 Å². The van der Waals surface area contributed by atoms with Crippen molar-refractivity contribution in [3.8, 4) is 0 Å². The Morgan fingerprint density at radius 1 is 0.394 bits per heavy atom. The summed E-state index contributed by atoms with van der Waals surface area (Å²) in [7, 11) is 0. The zero-order valence-corrected chi connectivity index (χ0v) is 40.0. The van der Waals surface area contributed by atoms with Crippen LogP contribution in [0.1, 0.15) is 109 Å². The van der Waals surface area contributed by atoms with Crippen LogP contribution in [0.2, 0.25) is 0 Å². The molecule has 0 radical (unpaired) electrons. The fourth-order valence-corrected chi connectivity index (χ4v) is 10.8. The number of nitrogens with one attached hydrogen (secondary N) is 4. The summed E-state index contributed by atoms with van der Waals surface area (Å²) in [5.74, 6) is 0.665. The van der Waals surface area contributed by atoms with Crippen LogP contribution in [0.25, 0.3) is 28.4 Å². The largest absolute Gasteiger partial charge is 0.354 e. The van der Waals surface area contributed by atoms with Gasteiger partial charge in [0.05, 0.1) is 5.69 Å². The zero-order valence-electron chi connectivity index (χ0n) is 40.0. The number of H-pyrrole nitrogens is 4. The predicted molar refractivity (Wildman–Crippen MR) is 276 cm³/mol. The molecule has 0 amide bonds. The molecule has 4 aromatic carbocycles. The highest BCUT2D eigenvalue weighted by Crippen LogP contribution is 2.34. The van der Waals surface area contributed by atoms with E-state index in [0.29, 0.717) is 5.92 Å². The minimum Gasteiger partial charge on any atom is -0.354 e. The molecule has 1 aliphatic heterocycles. The highest BCUT2D eigenvalue weighted by molar-refractivity contribution is 5.88.